The van der Waals surface area contributed by atoms with Gasteiger partial charge in [-0.25, -0.2) is 0 Å². The monoisotopic (exact) mass is 335 g/mol. The van der Waals surface area contributed by atoms with Gasteiger partial charge in [-0.2, -0.15) is 0 Å². The van der Waals surface area contributed by atoms with Crippen molar-refractivity contribution in [1.29, 1.82) is 0 Å². The van der Waals surface area contributed by atoms with E-state index in [2.05, 4.69) is 66.8 Å². The number of rotatable bonds is 4. The zero-order valence-electron chi connectivity index (χ0n) is 12.7. The molecule has 1 aliphatic heterocycles. The number of benzene rings is 2. The number of morpholine rings is 1. The molecular weight excluding hydrogens is 314 g/mol. The lowest BCUT2D eigenvalue weighted by Gasteiger charge is -2.31. The second kappa shape index (κ2) is 8.59. The van der Waals surface area contributed by atoms with E-state index in [9.17, 15) is 0 Å². The second-order valence-electron chi connectivity index (χ2n) is 5.33. The Morgan fingerprint density at radius 1 is 1.09 bits per heavy atom. The van der Waals surface area contributed by atoms with Gasteiger partial charge in [0.05, 0.1) is 18.0 Å². The Balaban J connectivity index is 0.00000176. The average Bonchev–Trinajstić information content (AvgIpc) is 2.56. The van der Waals surface area contributed by atoms with E-state index in [1.54, 1.807) is 0 Å². The Morgan fingerprint density at radius 3 is 2.50 bits per heavy atom. The highest BCUT2D eigenvalue weighted by atomic mass is 35.5. The van der Waals surface area contributed by atoms with Crippen molar-refractivity contribution in [3.8, 4) is 0 Å². The molecule has 4 heteroatoms. The molecule has 0 radical (unpaired) electrons. The van der Waals surface area contributed by atoms with E-state index in [1.165, 1.54) is 16.0 Å². The summed E-state index contributed by atoms with van der Waals surface area (Å²) in [5, 5.41) is 3.77. The molecule has 2 nitrogen and oxygen atoms in total. The summed E-state index contributed by atoms with van der Waals surface area (Å²) in [5.74, 6) is 0. The largest absolute Gasteiger partial charge is 0.374 e. The summed E-state index contributed by atoms with van der Waals surface area (Å²) in [6.07, 6.45) is 0.214. The number of hydrogen-bond donors (Lipinski definition) is 1. The van der Waals surface area contributed by atoms with Gasteiger partial charge in [0.15, 0.2) is 0 Å². The molecule has 0 aromatic heterocycles. The van der Waals surface area contributed by atoms with Crippen molar-refractivity contribution in [3.05, 3.63) is 65.7 Å². The number of thioether (sulfide) groups is 1. The molecule has 0 spiro atoms. The SMILES string of the molecule is Cc1ccccc1S[C@H](c1ccccc1)[C@H]1CNCCO1.Cl. The normalized spacial score (nSPS) is 19.2. The molecule has 118 valence electrons. The van der Waals surface area contributed by atoms with Crippen LogP contribution >= 0.6 is 24.2 Å². The zero-order valence-corrected chi connectivity index (χ0v) is 14.3. The average molecular weight is 336 g/mol. The van der Waals surface area contributed by atoms with Crippen LogP contribution in [0.4, 0.5) is 0 Å². The first-order chi connectivity index (χ1) is 10.3. The minimum Gasteiger partial charge on any atom is -0.374 e. The first-order valence-corrected chi connectivity index (χ1v) is 8.32. The van der Waals surface area contributed by atoms with E-state index in [1.807, 2.05) is 11.8 Å². The lowest BCUT2D eigenvalue weighted by Crippen LogP contribution is -2.41. The first-order valence-electron chi connectivity index (χ1n) is 7.44. The summed E-state index contributed by atoms with van der Waals surface area (Å²) in [6, 6.07) is 19.3. The molecule has 0 bridgehead atoms. The fourth-order valence-electron chi connectivity index (χ4n) is 2.61. The van der Waals surface area contributed by atoms with Crippen LogP contribution in [-0.4, -0.2) is 25.8 Å². The Kier molecular flexibility index (Phi) is 6.77. The summed E-state index contributed by atoms with van der Waals surface area (Å²) >= 11 is 1.91. The molecule has 2 aromatic carbocycles. The Bertz CT molecular complexity index is 572. The molecule has 2 aromatic rings. The van der Waals surface area contributed by atoms with Gasteiger partial charge in [-0.15, -0.1) is 24.2 Å². The van der Waals surface area contributed by atoms with E-state index >= 15 is 0 Å². The highest BCUT2D eigenvalue weighted by Crippen LogP contribution is 2.40. The summed E-state index contributed by atoms with van der Waals surface area (Å²) in [6.45, 7) is 4.83. The van der Waals surface area contributed by atoms with Crippen LogP contribution < -0.4 is 5.32 Å². The van der Waals surface area contributed by atoms with Gasteiger partial charge in [0, 0.05) is 18.0 Å². The Morgan fingerprint density at radius 2 is 1.82 bits per heavy atom. The van der Waals surface area contributed by atoms with Crippen molar-refractivity contribution in [2.24, 2.45) is 0 Å². The van der Waals surface area contributed by atoms with Crippen LogP contribution in [0.3, 0.4) is 0 Å². The van der Waals surface area contributed by atoms with Gasteiger partial charge < -0.3 is 10.1 Å². The number of halogens is 1. The van der Waals surface area contributed by atoms with Gasteiger partial charge in [0.1, 0.15) is 0 Å². The van der Waals surface area contributed by atoms with Crippen LogP contribution in [0.1, 0.15) is 16.4 Å². The molecule has 0 unspecified atom stereocenters. The molecule has 1 saturated heterocycles. The Labute approximate surface area is 143 Å². The maximum absolute atomic E-state index is 6.02. The molecular formula is C18H22ClNOS. The van der Waals surface area contributed by atoms with Crippen LogP contribution in [0.25, 0.3) is 0 Å². The number of ether oxygens (including phenoxy) is 1. The third-order valence-electron chi connectivity index (χ3n) is 3.77. The zero-order chi connectivity index (χ0) is 14.5. The van der Waals surface area contributed by atoms with E-state index in [0.29, 0.717) is 5.25 Å². The topological polar surface area (TPSA) is 21.3 Å². The second-order valence-corrected chi connectivity index (χ2v) is 6.51. The highest BCUT2D eigenvalue weighted by molar-refractivity contribution is 7.99. The quantitative estimate of drug-likeness (QED) is 0.844. The molecule has 1 heterocycles. The molecule has 1 N–H and O–H groups in total. The lowest BCUT2D eigenvalue weighted by atomic mass is 10.1. The lowest BCUT2D eigenvalue weighted by molar-refractivity contribution is 0.0273. The van der Waals surface area contributed by atoms with Gasteiger partial charge in [0.2, 0.25) is 0 Å². The van der Waals surface area contributed by atoms with Gasteiger partial charge in [-0.3, -0.25) is 0 Å². The minimum absolute atomic E-state index is 0. The minimum atomic E-state index is 0. The standard InChI is InChI=1S/C18H21NOS.ClH/c1-14-7-5-6-10-17(14)21-18(15-8-3-2-4-9-15)16-13-19-11-12-20-16;/h2-10,16,18-19H,11-13H2,1H3;1H/t16-,18-;/m1./s1. The number of aryl methyl sites for hydroxylation is 1. The molecule has 0 amide bonds. The molecule has 2 atom stereocenters. The summed E-state index contributed by atoms with van der Waals surface area (Å²) in [4.78, 5) is 1.33. The van der Waals surface area contributed by atoms with Gasteiger partial charge in [0.25, 0.3) is 0 Å². The van der Waals surface area contributed by atoms with E-state index in [0.717, 1.165) is 19.7 Å². The van der Waals surface area contributed by atoms with Crippen LogP contribution in [-0.2, 0) is 4.74 Å². The fraction of sp³-hybridized carbons (Fsp3) is 0.333. The van der Waals surface area contributed by atoms with E-state index in [4.69, 9.17) is 4.74 Å². The van der Waals surface area contributed by atoms with Gasteiger partial charge in [-0.05, 0) is 24.1 Å². The maximum Gasteiger partial charge on any atom is 0.0862 e. The van der Waals surface area contributed by atoms with Crippen LogP contribution in [0, 0.1) is 6.92 Å². The van der Waals surface area contributed by atoms with E-state index < -0.39 is 0 Å². The molecule has 0 aliphatic carbocycles. The van der Waals surface area contributed by atoms with Crippen molar-refractivity contribution in [2.75, 3.05) is 19.7 Å². The number of nitrogens with one attached hydrogen (secondary N) is 1. The fourth-order valence-corrected chi connectivity index (χ4v) is 3.91. The van der Waals surface area contributed by atoms with Crippen molar-refractivity contribution in [2.45, 2.75) is 23.2 Å². The maximum atomic E-state index is 6.02. The first kappa shape index (κ1) is 17.4. The van der Waals surface area contributed by atoms with Crippen LogP contribution in [0.15, 0.2) is 59.5 Å². The molecule has 22 heavy (non-hydrogen) atoms. The van der Waals surface area contributed by atoms with Gasteiger partial charge >= 0.3 is 0 Å². The van der Waals surface area contributed by atoms with Gasteiger partial charge in [-0.1, -0.05) is 48.5 Å². The molecule has 1 fully saturated rings. The molecule has 3 rings (SSSR count). The highest BCUT2D eigenvalue weighted by Gasteiger charge is 2.27. The molecule has 0 saturated carbocycles. The third kappa shape index (κ3) is 4.26. The molecule has 1 aliphatic rings. The predicted octanol–water partition coefficient (Wildman–Crippen LogP) is 4.24. The van der Waals surface area contributed by atoms with E-state index in [-0.39, 0.29) is 18.5 Å². The summed E-state index contributed by atoms with van der Waals surface area (Å²) < 4.78 is 6.02. The van der Waals surface area contributed by atoms with Crippen molar-refractivity contribution in [3.63, 3.8) is 0 Å². The third-order valence-corrected chi connectivity index (χ3v) is 5.31. The van der Waals surface area contributed by atoms with Crippen LogP contribution in [0.2, 0.25) is 0 Å². The summed E-state index contributed by atoms with van der Waals surface area (Å²) in [5.41, 5.74) is 2.66. The van der Waals surface area contributed by atoms with Crippen molar-refractivity contribution in [1.82, 2.24) is 5.32 Å². The predicted molar refractivity (Wildman–Crippen MR) is 96.1 cm³/mol. The van der Waals surface area contributed by atoms with Crippen molar-refractivity contribution < 1.29 is 4.74 Å². The summed E-state index contributed by atoms with van der Waals surface area (Å²) in [7, 11) is 0. The van der Waals surface area contributed by atoms with Crippen LogP contribution in [0.5, 0.6) is 0 Å². The Hall–Kier alpha value is -1.00. The number of hydrogen-bond acceptors (Lipinski definition) is 3. The smallest absolute Gasteiger partial charge is 0.0862 e. The van der Waals surface area contributed by atoms with Crippen molar-refractivity contribution >= 4 is 24.2 Å².